The summed E-state index contributed by atoms with van der Waals surface area (Å²) in [6.45, 7) is 6.53. The summed E-state index contributed by atoms with van der Waals surface area (Å²) in [5, 5.41) is 7.00. The molecule has 0 saturated heterocycles. The summed E-state index contributed by atoms with van der Waals surface area (Å²) in [7, 11) is 2.42. The Labute approximate surface area is 242 Å². The Morgan fingerprint density at radius 3 is 2.17 bits per heavy atom. The van der Waals surface area contributed by atoms with E-state index in [1.807, 2.05) is 37.4 Å². The fourth-order valence-electron chi connectivity index (χ4n) is 5.73. The molecule has 2 atom stereocenters. The topological polar surface area (TPSA) is 96.7 Å². The van der Waals surface area contributed by atoms with Crippen molar-refractivity contribution in [1.29, 1.82) is 0 Å². The smallest absolute Gasteiger partial charge is 0.400 e. The molecule has 1 aliphatic carbocycles. The van der Waals surface area contributed by atoms with Crippen LogP contribution in [0.25, 0.3) is 16.8 Å². The molecule has 41 heavy (non-hydrogen) atoms. The zero-order valence-corrected chi connectivity index (χ0v) is 25.1. The van der Waals surface area contributed by atoms with Gasteiger partial charge in [-0.05, 0) is 64.2 Å². The Balaban J connectivity index is 0.00000111. The summed E-state index contributed by atoms with van der Waals surface area (Å²) >= 11 is 0. The van der Waals surface area contributed by atoms with Crippen LogP contribution in [0.2, 0.25) is 0 Å². The molecule has 222 valence electrons. The van der Waals surface area contributed by atoms with Crippen molar-refractivity contribution < 1.29 is 23.2 Å². The molecule has 0 amide bonds. The first kappa shape index (κ1) is 32.5. The van der Waals surface area contributed by atoms with Crippen LogP contribution in [0.1, 0.15) is 80.8 Å². The maximum atomic E-state index is 13.2. The van der Waals surface area contributed by atoms with Crippen LogP contribution in [-0.2, 0) is 6.18 Å². The summed E-state index contributed by atoms with van der Waals surface area (Å²) in [6, 6.07) is 13.4. The largest absolute Gasteiger partial charge is 0.416 e. The summed E-state index contributed by atoms with van der Waals surface area (Å²) in [5.41, 5.74) is 9.79. The molecule has 2 heterocycles. The zero-order valence-electron chi connectivity index (χ0n) is 23.9. The molecule has 10 heteroatoms. The van der Waals surface area contributed by atoms with Gasteiger partial charge in [0, 0.05) is 36.9 Å². The van der Waals surface area contributed by atoms with Crippen LogP contribution < -0.4 is 5.73 Å². The van der Waals surface area contributed by atoms with E-state index in [9.17, 15) is 13.2 Å². The third-order valence-electron chi connectivity index (χ3n) is 8.09. The number of aliphatic hydroxyl groups excluding tert-OH is 1. The number of nitrogen functional groups attached to an aromatic ring is 1. The molecule has 1 saturated carbocycles. The molecule has 4 aromatic rings. The Bertz CT molecular complexity index is 1400. The second-order valence-corrected chi connectivity index (χ2v) is 10.7. The van der Waals surface area contributed by atoms with Gasteiger partial charge in [-0.15, -0.1) is 0 Å². The third-order valence-corrected chi connectivity index (χ3v) is 8.09. The highest BCUT2D eigenvalue weighted by Crippen LogP contribution is 2.41. The van der Waals surface area contributed by atoms with Crippen LogP contribution in [0, 0.1) is 11.8 Å². The number of hydrogen-bond donors (Lipinski definition) is 3. The van der Waals surface area contributed by atoms with Gasteiger partial charge in [-0.2, -0.15) is 13.2 Å². The van der Waals surface area contributed by atoms with Gasteiger partial charge in [-0.1, -0.05) is 63.2 Å². The quantitative estimate of drug-likeness (QED) is 0.210. The van der Waals surface area contributed by atoms with Crippen molar-refractivity contribution in [3.05, 3.63) is 83.4 Å². The van der Waals surface area contributed by atoms with E-state index in [-0.39, 0.29) is 5.92 Å². The van der Waals surface area contributed by atoms with Gasteiger partial charge < -0.3 is 15.7 Å². The Kier molecular flexibility index (Phi) is 11.3. The first-order valence-electron chi connectivity index (χ1n) is 13.7. The monoisotopic (exact) mass is 588 g/mol. The number of aliphatic hydroxyl groups is 1. The molecular weight excluding hydrogens is 548 g/mol. The van der Waals surface area contributed by atoms with E-state index in [1.165, 1.54) is 34.4 Å². The fourth-order valence-corrected chi connectivity index (χ4v) is 5.73. The lowest BCUT2D eigenvalue weighted by atomic mass is 9.77. The number of aromatic nitrogens is 3. The van der Waals surface area contributed by atoms with Crippen LogP contribution in [0.3, 0.4) is 0 Å². The van der Waals surface area contributed by atoms with E-state index in [4.69, 9.17) is 20.7 Å². The van der Waals surface area contributed by atoms with Gasteiger partial charge >= 0.3 is 6.18 Å². The number of nitrogens with two attached hydrogens (primary N) is 1. The summed E-state index contributed by atoms with van der Waals surface area (Å²) in [6.07, 6.45) is 3.92. The zero-order chi connectivity index (χ0) is 30.3. The van der Waals surface area contributed by atoms with Crippen LogP contribution in [0.15, 0.2) is 60.9 Å². The van der Waals surface area contributed by atoms with Gasteiger partial charge in [0.25, 0.3) is 0 Å². The minimum atomic E-state index is -4.36. The first-order chi connectivity index (χ1) is 19.6. The van der Waals surface area contributed by atoms with E-state index in [0.29, 0.717) is 23.2 Å². The third kappa shape index (κ3) is 7.26. The summed E-state index contributed by atoms with van der Waals surface area (Å²) in [4.78, 5) is 16.3. The first-order valence-corrected chi connectivity index (χ1v) is 14.3. The van der Waals surface area contributed by atoms with Crippen LogP contribution in [0.4, 0.5) is 19.0 Å². The highest BCUT2D eigenvalue weighted by atomic mass is 31.0. The Morgan fingerprint density at radius 2 is 1.59 bits per heavy atom. The molecular formula is C31H40F3N4O2P. The summed E-state index contributed by atoms with van der Waals surface area (Å²) < 4.78 is 41.7. The molecule has 6 nitrogen and oxygen atoms in total. The number of rotatable bonds is 5. The highest BCUT2D eigenvalue weighted by molar-refractivity contribution is 7.08. The Hall–Kier alpha value is -3.00. The normalized spacial score (nSPS) is 17.8. The van der Waals surface area contributed by atoms with E-state index < -0.39 is 11.7 Å². The number of nitrogens with zero attached hydrogens (tertiary/aromatic N) is 3. The number of benzene rings is 2. The maximum absolute atomic E-state index is 13.2. The average Bonchev–Trinajstić information content (AvgIpc) is 3.39. The maximum Gasteiger partial charge on any atom is 0.416 e. The number of alkyl halides is 3. The minimum absolute atomic E-state index is 0.187. The predicted octanol–water partition coefficient (Wildman–Crippen LogP) is 7.46. The lowest BCUT2D eigenvalue weighted by Gasteiger charge is -2.30. The predicted molar refractivity (Wildman–Crippen MR) is 161 cm³/mol. The van der Waals surface area contributed by atoms with Gasteiger partial charge in [0.15, 0.2) is 0 Å². The van der Waals surface area contributed by atoms with Crippen molar-refractivity contribution in [2.75, 3.05) is 12.8 Å². The molecule has 5 rings (SSSR count). The van der Waals surface area contributed by atoms with Crippen molar-refractivity contribution in [2.45, 2.75) is 64.5 Å². The van der Waals surface area contributed by atoms with Crippen LogP contribution >= 0.6 is 9.47 Å². The van der Waals surface area contributed by atoms with Crippen LogP contribution in [-0.4, -0.2) is 31.5 Å². The molecule has 0 radical (unpaired) electrons. The van der Waals surface area contributed by atoms with Gasteiger partial charge in [0.2, 0.25) is 0 Å². The molecule has 1 fully saturated rings. The molecule has 0 aliphatic heterocycles. The highest BCUT2D eigenvalue weighted by Gasteiger charge is 2.31. The number of halogens is 3. The standard InChI is InChI=1S/C30H33F3N4.CH4O.H3OP/c1-18(2)20-7-13-23(14-8-20)29-36-26(27-28(34)35-15-16-37(27)29)22-11-9-21(10-12-22)19(3)24-5-4-6-25(17-24)30(31,32)33;2*1-2/h4-6,9-12,15-20,23H,7-8,13-14H2,1-3H3,(H2,34,35);2H,1H3;1H,2H2/t19-,20?,23?;;/m0../s1. The second-order valence-electron chi connectivity index (χ2n) is 10.7. The molecule has 0 spiro atoms. The van der Waals surface area contributed by atoms with E-state index in [2.05, 4.69) is 23.2 Å². The van der Waals surface area contributed by atoms with Crippen molar-refractivity contribution in [1.82, 2.24) is 14.4 Å². The Morgan fingerprint density at radius 1 is 0.951 bits per heavy atom. The summed E-state index contributed by atoms with van der Waals surface area (Å²) in [5.74, 6) is 3.12. The van der Waals surface area contributed by atoms with Crippen LogP contribution in [0.5, 0.6) is 0 Å². The molecule has 1 unspecified atom stereocenters. The number of anilines is 1. The molecule has 2 aromatic carbocycles. The molecule has 2 aromatic heterocycles. The number of imidazole rings is 1. The average molecular weight is 589 g/mol. The number of fused-ring (bicyclic) bond motifs is 1. The lowest BCUT2D eigenvalue weighted by Crippen LogP contribution is -2.19. The molecule has 1 aliphatic rings. The van der Waals surface area contributed by atoms with Gasteiger partial charge in [0.1, 0.15) is 22.9 Å². The second kappa shape index (κ2) is 14.3. The van der Waals surface area contributed by atoms with Gasteiger partial charge in [-0.3, -0.25) is 4.40 Å². The van der Waals surface area contributed by atoms with Crippen molar-refractivity contribution in [3.63, 3.8) is 0 Å². The molecule has 4 N–H and O–H groups in total. The van der Waals surface area contributed by atoms with Gasteiger partial charge in [-0.25, -0.2) is 9.97 Å². The van der Waals surface area contributed by atoms with E-state index >= 15 is 0 Å². The van der Waals surface area contributed by atoms with E-state index in [0.717, 1.165) is 60.1 Å². The SMILES string of the molecule is CC(C)C1CCC(c2nc(-c3ccc([C@H](C)c4cccc(C(F)(F)F)c4)cc3)c3c(N)nccn23)CC1.CO.OP. The van der Waals surface area contributed by atoms with Crippen molar-refractivity contribution >= 4 is 20.8 Å². The fraction of sp³-hybridized carbons (Fsp3) is 0.419. The molecule has 0 bridgehead atoms. The number of hydrogen-bond acceptors (Lipinski definition) is 5. The van der Waals surface area contributed by atoms with E-state index in [1.54, 1.807) is 12.3 Å². The van der Waals surface area contributed by atoms with Crippen molar-refractivity contribution in [2.24, 2.45) is 11.8 Å². The van der Waals surface area contributed by atoms with Crippen molar-refractivity contribution in [3.8, 4) is 11.3 Å². The lowest BCUT2D eigenvalue weighted by molar-refractivity contribution is -0.137. The minimum Gasteiger partial charge on any atom is -0.400 e. The van der Waals surface area contributed by atoms with Gasteiger partial charge in [0.05, 0.1) is 5.56 Å².